The number of hydrogen-bond acceptors (Lipinski definition) is 4. The van der Waals surface area contributed by atoms with Gasteiger partial charge in [0, 0.05) is 18.0 Å². The summed E-state index contributed by atoms with van der Waals surface area (Å²) in [7, 11) is 3.22. The van der Waals surface area contributed by atoms with E-state index in [2.05, 4.69) is 5.32 Å². The molecule has 156 valence electrons. The van der Waals surface area contributed by atoms with Gasteiger partial charge in [-0.2, -0.15) is 0 Å². The number of carboxylic acid groups (broad SMARTS) is 1. The zero-order valence-corrected chi connectivity index (χ0v) is 16.8. The van der Waals surface area contributed by atoms with Gasteiger partial charge in [0.2, 0.25) is 5.91 Å². The summed E-state index contributed by atoms with van der Waals surface area (Å²) >= 11 is 0. The van der Waals surface area contributed by atoms with Crippen LogP contribution in [0, 0.1) is 0 Å². The van der Waals surface area contributed by atoms with Crippen LogP contribution in [0.15, 0.2) is 72.8 Å². The van der Waals surface area contributed by atoms with Crippen molar-refractivity contribution in [3.8, 4) is 11.5 Å². The topological polar surface area (TPSA) is 84.9 Å². The molecule has 0 aliphatic carbocycles. The standard InChI is InChI=1S/C24H23NO5.Na.H/c1-29-20-11-5-16(6-12-20)22(17-7-13-21(30-2)14-8-17)15-23(26)25-19-9-3-18(4-10-19)24(27)28;;/h3-14,22H,15H2,1-2H3,(H,25,26)(H,27,28);;. The molecule has 0 aliphatic heterocycles. The van der Waals surface area contributed by atoms with Gasteiger partial charge in [-0.3, -0.25) is 4.79 Å². The number of carbonyl (C=O) groups excluding carboxylic acids is 1. The molecule has 0 saturated carbocycles. The van der Waals surface area contributed by atoms with Crippen LogP contribution in [0.25, 0.3) is 0 Å². The van der Waals surface area contributed by atoms with E-state index in [4.69, 9.17) is 14.6 Å². The van der Waals surface area contributed by atoms with Gasteiger partial charge in [0.15, 0.2) is 0 Å². The van der Waals surface area contributed by atoms with Gasteiger partial charge in [-0.1, -0.05) is 24.3 Å². The number of ether oxygens (including phenoxy) is 2. The fraction of sp³-hybridized carbons (Fsp3) is 0.167. The molecule has 31 heavy (non-hydrogen) atoms. The van der Waals surface area contributed by atoms with Crippen LogP contribution < -0.4 is 14.8 Å². The average molecular weight is 429 g/mol. The van der Waals surface area contributed by atoms with Crippen molar-refractivity contribution in [3.63, 3.8) is 0 Å². The van der Waals surface area contributed by atoms with Gasteiger partial charge >= 0.3 is 35.5 Å². The van der Waals surface area contributed by atoms with Gasteiger partial charge in [-0.25, -0.2) is 4.79 Å². The van der Waals surface area contributed by atoms with Gasteiger partial charge in [-0.05, 0) is 59.7 Å². The Labute approximate surface area is 203 Å². The predicted octanol–water partition coefficient (Wildman–Crippen LogP) is 3.91. The molecular weight excluding hydrogens is 405 g/mol. The van der Waals surface area contributed by atoms with Crippen LogP contribution >= 0.6 is 0 Å². The molecule has 0 atom stereocenters. The quantitative estimate of drug-likeness (QED) is 0.531. The number of methoxy groups -OCH3 is 2. The van der Waals surface area contributed by atoms with E-state index < -0.39 is 5.97 Å². The number of rotatable bonds is 8. The van der Waals surface area contributed by atoms with E-state index in [1.165, 1.54) is 12.1 Å². The van der Waals surface area contributed by atoms with Gasteiger partial charge < -0.3 is 19.9 Å². The Balaban J connectivity index is 0.00000341. The average Bonchev–Trinajstić information content (AvgIpc) is 2.78. The predicted molar refractivity (Wildman–Crippen MR) is 122 cm³/mol. The Kier molecular flexibility index (Phi) is 9.12. The summed E-state index contributed by atoms with van der Waals surface area (Å²) in [6, 6.07) is 21.3. The molecule has 0 saturated heterocycles. The van der Waals surface area contributed by atoms with E-state index in [0.29, 0.717) is 5.69 Å². The van der Waals surface area contributed by atoms with Crippen molar-refractivity contribution in [2.24, 2.45) is 0 Å². The molecule has 3 rings (SSSR count). The first-order chi connectivity index (χ1) is 14.5. The zero-order chi connectivity index (χ0) is 21.5. The van der Waals surface area contributed by atoms with Crippen LogP contribution in [0.2, 0.25) is 0 Å². The second kappa shape index (κ2) is 11.6. The fourth-order valence-electron chi connectivity index (χ4n) is 3.19. The number of carbonyl (C=O) groups is 2. The number of nitrogens with one attached hydrogen (secondary N) is 1. The Morgan fingerprint density at radius 3 is 1.65 bits per heavy atom. The second-order valence-corrected chi connectivity index (χ2v) is 6.73. The molecule has 1 amide bonds. The summed E-state index contributed by atoms with van der Waals surface area (Å²) in [4.78, 5) is 23.7. The molecule has 3 aromatic carbocycles. The second-order valence-electron chi connectivity index (χ2n) is 6.73. The first kappa shape index (κ1) is 24.5. The minimum absolute atomic E-state index is 0. The number of aromatic carboxylic acids is 1. The van der Waals surface area contributed by atoms with Crippen molar-refractivity contribution in [3.05, 3.63) is 89.5 Å². The summed E-state index contributed by atoms with van der Waals surface area (Å²) in [5.74, 6) is 0.146. The number of amides is 1. The van der Waals surface area contributed by atoms with E-state index in [9.17, 15) is 9.59 Å². The monoisotopic (exact) mass is 429 g/mol. The molecule has 0 radical (unpaired) electrons. The number of carboxylic acids is 1. The minimum atomic E-state index is -1.01. The van der Waals surface area contributed by atoms with Gasteiger partial charge in [0.1, 0.15) is 11.5 Å². The first-order valence-corrected chi connectivity index (χ1v) is 9.41. The maximum atomic E-state index is 12.8. The van der Waals surface area contributed by atoms with Crippen LogP contribution in [0.5, 0.6) is 11.5 Å². The van der Waals surface area contributed by atoms with Crippen LogP contribution in [0.4, 0.5) is 5.69 Å². The van der Waals surface area contributed by atoms with Crippen molar-refractivity contribution < 1.29 is 24.2 Å². The third-order valence-electron chi connectivity index (χ3n) is 4.84. The number of hydrogen-bond donors (Lipinski definition) is 2. The van der Waals surface area contributed by atoms with E-state index in [-0.39, 0.29) is 53.4 Å². The van der Waals surface area contributed by atoms with E-state index in [0.717, 1.165) is 22.6 Å². The fourth-order valence-corrected chi connectivity index (χ4v) is 3.19. The normalized spacial score (nSPS) is 10.2. The Hall–Kier alpha value is -2.80. The van der Waals surface area contributed by atoms with Crippen LogP contribution in [-0.2, 0) is 4.79 Å². The molecule has 6 nitrogen and oxygen atoms in total. The summed E-state index contributed by atoms with van der Waals surface area (Å²) in [5.41, 5.74) is 2.69. The Morgan fingerprint density at radius 1 is 0.806 bits per heavy atom. The molecule has 7 heteroatoms. The van der Waals surface area contributed by atoms with Crippen molar-refractivity contribution >= 4 is 47.1 Å². The molecule has 3 aromatic rings. The molecule has 0 bridgehead atoms. The van der Waals surface area contributed by atoms with E-state index in [1.54, 1.807) is 26.4 Å². The van der Waals surface area contributed by atoms with Gasteiger partial charge in [0.25, 0.3) is 0 Å². The maximum absolute atomic E-state index is 12.8. The number of anilines is 1. The molecular formula is C24H24NNaO5. The molecule has 0 aromatic heterocycles. The van der Waals surface area contributed by atoms with E-state index in [1.807, 2.05) is 48.5 Å². The van der Waals surface area contributed by atoms with Crippen molar-refractivity contribution in [1.29, 1.82) is 0 Å². The Bertz CT molecular complexity index is 954. The third kappa shape index (κ3) is 6.59. The van der Waals surface area contributed by atoms with Crippen LogP contribution in [-0.4, -0.2) is 60.8 Å². The summed E-state index contributed by atoms with van der Waals surface area (Å²) in [6.45, 7) is 0. The van der Waals surface area contributed by atoms with Gasteiger partial charge in [-0.15, -0.1) is 0 Å². The van der Waals surface area contributed by atoms with E-state index >= 15 is 0 Å². The molecule has 0 unspecified atom stereocenters. The molecule has 0 fully saturated rings. The van der Waals surface area contributed by atoms with Crippen LogP contribution in [0.3, 0.4) is 0 Å². The van der Waals surface area contributed by atoms with Gasteiger partial charge in [0.05, 0.1) is 19.8 Å². The molecule has 2 N–H and O–H groups in total. The summed E-state index contributed by atoms with van der Waals surface area (Å²) in [6.07, 6.45) is 0.222. The number of benzene rings is 3. The van der Waals surface area contributed by atoms with Crippen LogP contribution in [0.1, 0.15) is 33.8 Å². The molecule has 0 heterocycles. The first-order valence-electron chi connectivity index (χ1n) is 9.41. The van der Waals surface area contributed by atoms with Crippen molar-refractivity contribution in [2.75, 3.05) is 19.5 Å². The third-order valence-corrected chi connectivity index (χ3v) is 4.84. The SMILES string of the molecule is COc1ccc(C(CC(=O)Nc2ccc(C(=O)O)cc2)c2ccc(OC)cc2)cc1.[NaH]. The Morgan fingerprint density at radius 2 is 1.26 bits per heavy atom. The molecule has 0 aliphatic rings. The zero-order valence-electron chi connectivity index (χ0n) is 16.8. The van der Waals surface area contributed by atoms with Crippen molar-refractivity contribution in [1.82, 2.24) is 0 Å². The summed E-state index contributed by atoms with van der Waals surface area (Å²) in [5, 5.41) is 11.8. The van der Waals surface area contributed by atoms with Crippen molar-refractivity contribution in [2.45, 2.75) is 12.3 Å². The molecule has 0 spiro atoms. The summed E-state index contributed by atoms with van der Waals surface area (Å²) < 4.78 is 10.5.